The first-order chi connectivity index (χ1) is 7.18. The van der Waals surface area contributed by atoms with Crippen molar-refractivity contribution in [1.82, 2.24) is 4.90 Å². The Hall–Kier alpha value is -1.22. The quantitative estimate of drug-likeness (QED) is 0.535. The zero-order valence-corrected chi connectivity index (χ0v) is 9.28. The van der Waals surface area contributed by atoms with E-state index in [1.807, 2.05) is 20.2 Å². The Morgan fingerprint density at radius 3 is 2.87 bits per heavy atom. The van der Waals surface area contributed by atoms with Crippen molar-refractivity contribution < 1.29 is 4.39 Å². The Bertz CT molecular complexity index is 321. The van der Waals surface area contributed by atoms with E-state index in [1.165, 1.54) is 12.1 Å². The number of benzene rings is 1. The van der Waals surface area contributed by atoms with Gasteiger partial charge in [0.05, 0.1) is 0 Å². The summed E-state index contributed by atoms with van der Waals surface area (Å²) in [5.74, 6) is -0.216. The lowest BCUT2D eigenvalue weighted by atomic mass is 10.2. The monoisotopic (exact) mass is 208 g/mol. The Morgan fingerprint density at radius 1 is 1.40 bits per heavy atom. The van der Waals surface area contributed by atoms with E-state index in [0.29, 0.717) is 0 Å². The maximum atomic E-state index is 12.8. The molecule has 2 nitrogen and oxygen atoms in total. The van der Waals surface area contributed by atoms with Crippen molar-refractivity contribution in [2.45, 2.75) is 6.42 Å². The third kappa shape index (κ3) is 5.27. The van der Waals surface area contributed by atoms with Gasteiger partial charge in [0.2, 0.25) is 0 Å². The van der Waals surface area contributed by atoms with Crippen LogP contribution in [0.4, 0.5) is 4.39 Å². The van der Waals surface area contributed by atoms with Gasteiger partial charge in [-0.05, 0) is 44.8 Å². The van der Waals surface area contributed by atoms with Crippen molar-refractivity contribution in [3.63, 3.8) is 0 Å². The standard InChI is InChI=1S/C12H17FN2/c1-15(2)8-4-7-14-10-11-5-3-6-12(13)9-11/h3,5-6,9-10H,4,7-8H2,1-2H3. The van der Waals surface area contributed by atoms with Gasteiger partial charge in [0, 0.05) is 12.8 Å². The fraction of sp³-hybridized carbons (Fsp3) is 0.417. The molecule has 0 atom stereocenters. The Kier molecular flexibility index (Phi) is 4.98. The van der Waals surface area contributed by atoms with Gasteiger partial charge in [0.25, 0.3) is 0 Å². The van der Waals surface area contributed by atoms with Crippen LogP contribution in [0.5, 0.6) is 0 Å². The fourth-order valence-corrected chi connectivity index (χ4v) is 1.24. The van der Waals surface area contributed by atoms with Gasteiger partial charge in [0.15, 0.2) is 0 Å². The first-order valence-electron chi connectivity index (χ1n) is 5.08. The molecule has 0 heterocycles. The first kappa shape index (κ1) is 11.9. The molecular formula is C12H17FN2. The van der Waals surface area contributed by atoms with Gasteiger partial charge in [-0.15, -0.1) is 0 Å². The maximum Gasteiger partial charge on any atom is 0.123 e. The van der Waals surface area contributed by atoms with Crippen LogP contribution in [0.3, 0.4) is 0 Å². The molecule has 0 amide bonds. The average molecular weight is 208 g/mol. The number of aliphatic imine (C=N–C) groups is 1. The van der Waals surface area contributed by atoms with Gasteiger partial charge in [-0.1, -0.05) is 12.1 Å². The molecule has 0 aliphatic carbocycles. The molecule has 1 rings (SSSR count). The van der Waals surface area contributed by atoms with Gasteiger partial charge >= 0.3 is 0 Å². The third-order valence-corrected chi connectivity index (χ3v) is 1.98. The summed E-state index contributed by atoms with van der Waals surface area (Å²) in [5, 5.41) is 0. The summed E-state index contributed by atoms with van der Waals surface area (Å²) in [5.41, 5.74) is 0.819. The van der Waals surface area contributed by atoms with Crippen molar-refractivity contribution in [3.8, 4) is 0 Å². The molecule has 0 saturated heterocycles. The minimum atomic E-state index is -0.216. The summed E-state index contributed by atoms with van der Waals surface area (Å²) in [6.07, 6.45) is 2.75. The van der Waals surface area contributed by atoms with E-state index in [4.69, 9.17) is 0 Å². The van der Waals surface area contributed by atoms with Crippen LogP contribution in [-0.2, 0) is 0 Å². The molecule has 0 aliphatic rings. The summed E-state index contributed by atoms with van der Waals surface area (Å²) in [7, 11) is 4.08. The molecule has 0 aromatic heterocycles. The van der Waals surface area contributed by atoms with Crippen molar-refractivity contribution in [2.75, 3.05) is 27.2 Å². The molecule has 82 valence electrons. The van der Waals surface area contributed by atoms with E-state index < -0.39 is 0 Å². The van der Waals surface area contributed by atoms with Crippen molar-refractivity contribution in [2.24, 2.45) is 4.99 Å². The summed E-state index contributed by atoms with van der Waals surface area (Å²) >= 11 is 0. The molecule has 0 unspecified atom stereocenters. The lowest BCUT2D eigenvalue weighted by Gasteiger charge is -2.06. The second-order valence-corrected chi connectivity index (χ2v) is 3.75. The van der Waals surface area contributed by atoms with Crippen LogP contribution in [0, 0.1) is 5.82 Å². The highest BCUT2D eigenvalue weighted by Gasteiger charge is 1.91. The van der Waals surface area contributed by atoms with Crippen molar-refractivity contribution in [3.05, 3.63) is 35.6 Å². The molecule has 0 bridgehead atoms. The van der Waals surface area contributed by atoms with Gasteiger partial charge in [-0.25, -0.2) is 4.39 Å². The largest absolute Gasteiger partial charge is 0.309 e. The Morgan fingerprint density at radius 2 is 2.20 bits per heavy atom. The molecule has 0 N–H and O–H groups in total. The van der Waals surface area contributed by atoms with Gasteiger partial charge in [0.1, 0.15) is 5.82 Å². The smallest absolute Gasteiger partial charge is 0.123 e. The van der Waals surface area contributed by atoms with Gasteiger partial charge in [-0.3, -0.25) is 4.99 Å². The molecule has 15 heavy (non-hydrogen) atoms. The number of hydrogen-bond acceptors (Lipinski definition) is 2. The summed E-state index contributed by atoms with van der Waals surface area (Å²) in [6, 6.07) is 6.45. The molecule has 0 aliphatic heterocycles. The van der Waals surface area contributed by atoms with Crippen LogP contribution >= 0.6 is 0 Å². The molecule has 1 aromatic rings. The van der Waals surface area contributed by atoms with Crippen molar-refractivity contribution >= 4 is 6.21 Å². The molecule has 0 spiro atoms. The number of nitrogens with zero attached hydrogens (tertiary/aromatic N) is 2. The summed E-state index contributed by atoms with van der Waals surface area (Å²) in [4.78, 5) is 6.36. The molecule has 3 heteroatoms. The fourth-order valence-electron chi connectivity index (χ4n) is 1.24. The van der Waals surface area contributed by atoms with Crippen LogP contribution < -0.4 is 0 Å². The molecule has 1 aromatic carbocycles. The predicted octanol–water partition coefficient (Wildman–Crippen LogP) is 2.20. The Labute approximate surface area is 90.4 Å². The van der Waals surface area contributed by atoms with Gasteiger partial charge < -0.3 is 4.90 Å². The second kappa shape index (κ2) is 6.30. The first-order valence-corrected chi connectivity index (χ1v) is 5.08. The predicted molar refractivity (Wildman–Crippen MR) is 62.0 cm³/mol. The minimum Gasteiger partial charge on any atom is -0.309 e. The summed E-state index contributed by atoms with van der Waals surface area (Å²) < 4.78 is 12.8. The van der Waals surface area contributed by atoms with Crippen LogP contribution in [-0.4, -0.2) is 38.3 Å². The Balaban J connectivity index is 2.32. The highest BCUT2D eigenvalue weighted by Crippen LogP contribution is 2.00. The van der Waals surface area contributed by atoms with Crippen molar-refractivity contribution in [1.29, 1.82) is 0 Å². The van der Waals surface area contributed by atoms with E-state index >= 15 is 0 Å². The number of halogens is 1. The summed E-state index contributed by atoms with van der Waals surface area (Å²) in [6.45, 7) is 1.81. The van der Waals surface area contributed by atoms with Gasteiger partial charge in [-0.2, -0.15) is 0 Å². The van der Waals surface area contributed by atoms with Crippen LogP contribution in [0.1, 0.15) is 12.0 Å². The van der Waals surface area contributed by atoms with E-state index in [0.717, 1.165) is 25.1 Å². The maximum absolute atomic E-state index is 12.8. The van der Waals surface area contributed by atoms with E-state index in [9.17, 15) is 4.39 Å². The SMILES string of the molecule is CN(C)CCCN=Cc1cccc(F)c1. The zero-order valence-electron chi connectivity index (χ0n) is 9.28. The van der Waals surface area contributed by atoms with E-state index in [-0.39, 0.29) is 5.82 Å². The normalized spacial score (nSPS) is 11.5. The zero-order chi connectivity index (χ0) is 11.1. The molecule has 0 saturated carbocycles. The molecule has 0 fully saturated rings. The van der Waals surface area contributed by atoms with E-state index in [2.05, 4.69) is 9.89 Å². The highest BCUT2D eigenvalue weighted by atomic mass is 19.1. The topological polar surface area (TPSA) is 15.6 Å². The molecule has 0 radical (unpaired) electrons. The number of rotatable bonds is 5. The lowest BCUT2D eigenvalue weighted by molar-refractivity contribution is 0.403. The second-order valence-electron chi connectivity index (χ2n) is 3.75. The van der Waals surface area contributed by atoms with E-state index in [1.54, 1.807) is 12.3 Å². The third-order valence-electron chi connectivity index (χ3n) is 1.98. The van der Waals surface area contributed by atoms with Crippen LogP contribution in [0.15, 0.2) is 29.3 Å². The average Bonchev–Trinajstić information content (AvgIpc) is 2.17. The number of hydrogen-bond donors (Lipinski definition) is 0. The molecular weight excluding hydrogens is 191 g/mol. The minimum absolute atomic E-state index is 0.216. The highest BCUT2D eigenvalue weighted by molar-refractivity contribution is 5.79. The lowest BCUT2D eigenvalue weighted by Crippen LogP contribution is -2.13. The van der Waals surface area contributed by atoms with Crippen LogP contribution in [0.25, 0.3) is 0 Å². The van der Waals surface area contributed by atoms with Crippen LogP contribution in [0.2, 0.25) is 0 Å².